The molecule has 1 aliphatic heterocycles. The summed E-state index contributed by atoms with van der Waals surface area (Å²) in [7, 11) is -0.841. The highest BCUT2D eigenvalue weighted by Gasteiger charge is 2.32. The number of pyridine rings is 2. The number of anilines is 2. The van der Waals surface area contributed by atoms with Gasteiger partial charge in [-0.1, -0.05) is 18.2 Å². The summed E-state index contributed by atoms with van der Waals surface area (Å²) in [6.07, 6.45) is 3.99. The zero-order chi connectivity index (χ0) is 23.7. The first-order valence-corrected chi connectivity index (χ1v) is 12.2. The number of ether oxygens (including phenoxy) is 2. The van der Waals surface area contributed by atoms with Gasteiger partial charge in [0.05, 0.1) is 31.6 Å². The van der Waals surface area contributed by atoms with Crippen LogP contribution in [0.2, 0.25) is 0 Å². The molecule has 0 spiro atoms. The molecule has 0 unspecified atom stereocenters. The van der Waals surface area contributed by atoms with E-state index >= 15 is 0 Å². The Morgan fingerprint density at radius 1 is 1.00 bits per heavy atom. The third-order valence-corrected chi connectivity index (χ3v) is 7.82. The summed E-state index contributed by atoms with van der Waals surface area (Å²) >= 11 is 0. The number of methoxy groups -OCH3 is 2. The summed E-state index contributed by atoms with van der Waals surface area (Å²) in [6.45, 7) is 0.567. The standard InChI is InChI=1S/C25H24N4O4S/c1-32-20-7-8-23(33-2)24(14-20)34(30,31)29-12-10-21-18(16-29)9-11-26-25(21)28-19-13-17-5-3-4-6-22(17)27-15-19/h3-9,11,13-15H,10,12,16H2,1-2H3,(H,26,28). The molecule has 0 radical (unpaired) electrons. The van der Waals surface area contributed by atoms with Crippen LogP contribution in [-0.2, 0) is 23.0 Å². The maximum Gasteiger partial charge on any atom is 0.247 e. The molecule has 0 saturated carbocycles. The van der Waals surface area contributed by atoms with Gasteiger partial charge in [-0.05, 0) is 42.3 Å². The second kappa shape index (κ2) is 8.92. The summed E-state index contributed by atoms with van der Waals surface area (Å²) in [5.74, 6) is 1.45. The lowest BCUT2D eigenvalue weighted by Crippen LogP contribution is -2.36. The van der Waals surface area contributed by atoms with Crippen LogP contribution in [0.5, 0.6) is 11.5 Å². The van der Waals surface area contributed by atoms with Crippen LogP contribution in [0.15, 0.2) is 71.9 Å². The molecule has 5 rings (SSSR count). The molecule has 4 aromatic rings. The van der Waals surface area contributed by atoms with E-state index in [9.17, 15) is 8.42 Å². The predicted molar refractivity (Wildman–Crippen MR) is 130 cm³/mol. The van der Waals surface area contributed by atoms with Gasteiger partial charge in [-0.25, -0.2) is 13.4 Å². The van der Waals surface area contributed by atoms with Crippen LogP contribution in [0.3, 0.4) is 0 Å². The van der Waals surface area contributed by atoms with E-state index in [0.29, 0.717) is 24.5 Å². The van der Waals surface area contributed by atoms with Crippen molar-refractivity contribution in [1.29, 1.82) is 0 Å². The third-order valence-electron chi connectivity index (χ3n) is 5.95. The van der Waals surface area contributed by atoms with E-state index in [0.717, 1.165) is 27.7 Å². The Kier molecular flexibility index (Phi) is 5.80. The minimum Gasteiger partial charge on any atom is -0.497 e. The normalized spacial score (nSPS) is 13.9. The van der Waals surface area contributed by atoms with Crippen LogP contribution in [-0.4, -0.2) is 43.5 Å². The maximum atomic E-state index is 13.5. The van der Waals surface area contributed by atoms with Crippen LogP contribution >= 0.6 is 0 Å². The van der Waals surface area contributed by atoms with Gasteiger partial charge in [-0.2, -0.15) is 4.31 Å². The fourth-order valence-electron chi connectivity index (χ4n) is 4.18. The van der Waals surface area contributed by atoms with Crippen molar-refractivity contribution >= 4 is 32.4 Å². The second-order valence-electron chi connectivity index (χ2n) is 7.94. The molecule has 0 bridgehead atoms. The number of hydrogen-bond acceptors (Lipinski definition) is 7. The average molecular weight is 477 g/mol. The number of fused-ring (bicyclic) bond motifs is 2. The van der Waals surface area contributed by atoms with Gasteiger partial charge in [0.1, 0.15) is 22.2 Å². The molecule has 174 valence electrons. The second-order valence-corrected chi connectivity index (χ2v) is 9.85. The quantitative estimate of drug-likeness (QED) is 0.447. The van der Waals surface area contributed by atoms with E-state index < -0.39 is 10.0 Å². The van der Waals surface area contributed by atoms with Gasteiger partial charge < -0.3 is 14.8 Å². The third kappa shape index (κ3) is 4.04. The molecule has 1 N–H and O–H groups in total. The Labute approximate surface area is 198 Å². The van der Waals surface area contributed by atoms with Gasteiger partial charge in [0.15, 0.2) is 0 Å². The van der Waals surface area contributed by atoms with Gasteiger partial charge in [-0.3, -0.25) is 4.98 Å². The van der Waals surface area contributed by atoms with Crippen LogP contribution in [0, 0.1) is 0 Å². The highest BCUT2D eigenvalue weighted by Crippen LogP contribution is 2.34. The van der Waals surface area contributed by atoms with E-state index in [1.54, 1.807) is 24.5 Å². The molecule has 0 amide bonds. The minimum absolute atomic E-state index is 0.0902. The number of aromatic nitrogens is 2. The Balaban J connectivity index is 1.43. The SMILES string of the molecule is COc1ccc(OC)c(S(=O)(=O)N2CCc3c(ccnc3Nc3cnc4ccccc4c3)C2)c1. The van der Waals surface area contributed by atoms with Crippen molar-refractivity contribution in [3.63, 3.8) is 0 Å². The van der Waals surface area contributed by atoms with Crippen LogP contribution in [0.1, 0.15) is 11.1 Å². The lowest BCUT2D eigenvalue weighted by Gasteiger charge is -2.29. The van der Waals surface area contributed by atoms with Crippen LogP contribution in [0.25, 0.3) is 10.9 Å². The van der Waals surface area contributed by atoms with Gasteiger partial charge >= 0.3 is 0 Å². The topological polar surface area (TPSA) is 93.7 Å². The number of sulfonamides is 1. The molecular weight excluding hydrogens is 452 g/mol. The molecule has 2 aromatic heterocycles. The van der Waals surface area contributed by atoms with Crippen molar-refractivity contribution in [2.45, 2.75) is 17.9 Å². The Morgan fingerprint density at radius 3 is 2.68 bits per heavy atom. The van der Waals surface area contributed by atoms with Gasteiger partial charge in [-0.15, -0.1) is 0 Å². The largest absolute Gasteiger partial charge is 0.497 e. The van der Waals surface area contributed by atoms with E-state index in [-0.39, 0.29) is 17.2 Å². The summed E-state index contributed by atoms with van der Waals surface area (Å²) in [4.78, 5) is 9.11. The number of hydrogen-bond donors (Lipinski definition) is 1. The predicted octanol–water partition coefficient (Wildman–Crippen LogP) is 4.14. The summed E-state index contributed by atoms with van der Waals surface area (Å²) in [6, 6.07) is 16.6. The number of benzene rings is 2. The molecule has 8 nitrogen and oxygen atoms in total. The lowest BCUT2D eigenvalue weighted by molar-refractivity contribution is 0.373. The van der Waals surface area contributed by atoms with Crippen molar-refractivity contribution in [3.05, 3.63) is 78.1 Å². The number of nitrogens with one attached hydrogen (secondary N) is 1. The number of rotatable bonds is 6. The first-order valence-electron chi connectivity index (χ1n) is 10.8. The zero-order valence-electron chi connectivity index (χ0n) is 18.9. The molecular formula is C25H24N4O4S. The molecule has 1 aliphatic rings. The zero-order valence-corrected chi connectivity index (χ0v) is 19.7. The van der Waals surface area contributed by atoms with Crippen molar-refractivity contribution in [1.82, 2.24) is 14.3 Å². The highest BCUT2D eigenvalue weighted by atomic mass is 32.2. The molecule has 0 fully saturated rings. The average Bonchev–Trinajstić information content (AvgIpc) is 2.88. The first kappa shape index (κ1) is 22.1. The van der Waals surface area contributed by atoms with Gasteiger partial charge in [0, 0.05) is 36.3 Å². The van der Waals surface area contributed by atoms with E-state index in [1.807, 2.05) is 36.4 Å². The molecule has 9 heteroatoms. The minimum atomic E-state index is -3.80. The molecule has 0 saturated heterocycles. The first-order chi connectivity index (χ1) is 16.5. The highest BCUT2D eigenvalue weighted by molar-refractivity contribution is 7.89. The van der Waals surface area contributed by atoms with Crippen molar-refractivity contribution < 1.29 is 17.9 Å². The van der Waals surface area contributed by atoms with E-state index in [2.05, 4.69) is 15.3 Å². The Bertz CT molecular complexity index is 1470. The molecule has 2 aromatic carbocycles. The fourth-order valence-corrected chi connectivity index (χ4v) is 5.77. The van der Waals surface area contributed by atoms with E-state index in [4.69, 9.17) is 9.47 Å². The number of para-hydroxylation sites is 1. The van der Waals surface area contributed by atoms with Crippen molar-refractivity contribution in [2.75, 3.05) is 26.1 Å². The maximum absolute atomic E-state index is 13.5. The summed E-state index contributed by atoms with van der Waals surface area (Å²) in [5.41, 5.74) is 3.66. The smallest absolute Gasteiger partial charge is 0.247 e. The summed E-state index contributed by atoms with van der Waals surface area (Å²) in [5, 5.41) is 4.39. The lowest BCUT2D eigenvalue weighted by atomic mass is 10.0. The van der Waals surface area contributed by atoms with Crippen molar-refractivity contribution in [2.24, 2.45) is 0 Å². The molecule has 0 atom stereocenters. The van der Waals surface area contributed by atoms with E-state index in [1.165, 1.54) is 24.6 Å². The molecule has 34 heavy (non-hydrogen) atoms. The summed E-state index contributed by atoms with van der Waals surface area (Å²) < 4.78 is 39.0. The van der Waals surface area contributed by atoms with Crippen LogP contribution < -0.4 is 14.8 Å². The monoisotopic (exact) mass is 476 g/mol. The van der Waals surface area contributed by atoms with Gasteiger partial charge in [0.25, 0.3) is 0 Å². The Hall–Kier alpha value is -3.69. The van der Waals surface area contributed by atoms with Crippen LogP contribution in [0.4, 0.5) is 11.5 Å². The fraction of sp³-hybridized carbons (Fsp3) is 0.200. The molecule has 3 heterocycles. The number of nitrogens with zero attached hydrogens (tertiary/aromatic N) is 3. The molecule has 0 aliphatic carbocycles. The Morgan fingerprint density at radius 2 is 1.85 bits per heavy atom. The van der Waals surface area contributed by atoms with Crippen molar-refractivity contribution in [3.8, 4) is 11.5 Å². The van der Waals surface area contributed by atoms with Gasteiger partial charge in [0.2, 0.25) is 10.0 Å².